The van der Waals surface area contributed by atoms with Crippen LogP contribution in [0, 0.1) is 0 Å². The molecule has 0 amide bonds. The summed E-state index contributed by atoms with van der Waals surface area (Å²) in [6, 6.07) is 13.7. The van der Waals surface area contributed by atoms with Gasteiger partial charge in [0.25, 0.3) is 0 Å². The molecule has 3 rings (SSSR count). The van der Waals surface area contributed by atoms with Crippen molar-refractivity contribution in [2.75, 3.05) is 17.6 Å². The lowest BCUT2D eigenvalue weighted by atomic mass is 10.0. The van der Waals surface area contributed by atoms with Crippen molar-refractivity contribution >= 4 is 34.3 Å². The maximum absolute atomic E-state index is 6.24. The number of nitrogens with two attached hydrogens (primary N) is 1. The van der Waals surface area contributed by atoms with Gasteiger partial charge in [-0.1, -0.05) is 55.6 Å². The van der Waals surface area contributed by atoms with Crippen LogP contribution >= 0.6 is 11.6 Å². The number of rotatable bonds is 6. The molecule has 0 saturated heterocycles. The van der Waals surface area contributed by atoms with Crippen LogP contribution in [0.3, 0.4) is 0 Å². The Hall–Kier alpha value is -2.33. The van der Waals surface area contributed by atoms with Crippen LogP contribution in [0.25, 0.3) is 22.0 Å². The summed E-state index contributed by atoms with van der Waals surface area (Å²) < 4.78 is 0. The summed E-state index contributed by atoms with van der Waals surface area (Å²) >= 11 is 6.12. The summed E-state index contributed by atoms with van der Waals surface area (Å²) in [5, 5.41) is 4.81. The number of anilines is 2. The average molecular weight is 341 g/mol. The number of nitrogen functional groups attached to an aromatic ring is 1. The second kappa shape index (κ2) is 7.49. The van der Waals surface area contributed by atoms with E-state index in [0.717, 1.165) is 35.0 Å². The third-order valence-electron chi connectivity index (χ3n) is 3.95. The van der Waals surface area contributed by atoms with E-state index < -0.39 is 0 Å². The van der Waals surface area contributed by atoms with Crippen molar-refractivity contribution < 1.29 is 0 Å². The molecule has 0 unspecified atom stereocenters. The molecule has 3 N–H and O–H groups in total. The SMILES string of the molecule is CCCCCNc1nc(N)c2c(-c3cccc(Cl)c3)cccc2n1. The van der Waals surface area contributed by atoms with Gasteiger partial charge in [-0.3, -0.25) is 0 Å². The van der Waals surface area contributed by atoms with Crippen LogP contribution in [-0.2, 0) is 0 Å². The summed E-state index contributed by atoms with van der Waals surface area (Å²) in [6.07, 6.45) is 3.47. The molecule has 24 heavy (non-hydrogen) atoms. The molecule has 4 nitrogen and oxygen atoms in total. The Morgan fingerprint density at radius 2 is 1.92 bits per heavy atom. The molecule has 2 aromatic carbocycles. The highest BCUT2D eigenvalue weighted by Gasteiger charge is 2.11. The highest BCUT2D eigenvalue weighted by molar-refractivity contribution is 6.31. The largest absolute Gasteiger partial charge is 0.383 e. The monoisotopic (exact) mass is 340 g/mol. The molecule has 5 heteroatoms. The smallest absolute Gasteiger partial charge is 0.225 e. The summed E-state index contributed by atoms with van der Waals surface area (Å²) in [6.45, 7) is 3.04. The van der Waals surface area contributed by atoms with Gasteiger partial charge >= 0.3 is 0 Å². The molecule has 0 bridgehead atoms. The van der Waals surface area contributed by atoms with Gasteiger partial charge < -0.3 is 11.1 Å². The van der Waals surface area contributed by atoms with Crippen LogP contribution in [0.2, 0.25) is 5.02 Å². The minimum Gasteiger partial charge on any atom is -0.383 e. The van der Waals surface area contributed by atoms with Crippen molar-refractivity contribution in [1.29, 1.82) is 0 Å². The minimum atomic E-state index is 0.480. The third-order valence-corrected chi connectivity index (χ3v) is 4.19. The lowest BCUT2D eigenvalue weighted by molar-refractivity contribution is 0.741. The van der Waals surface area contributed by atoms with Gasteiger partial charge in [-0.25, -0.2) is 4.98 Å². The summed E-state index contributed by atoms with van der Waals surface area (Å²) in [7, 11) is 0. The van der Waals surface area contributed by atoms with E-state index in [1.54, 1.807) is 0 Å². The first-order chi connectivity index (χ1) is 11.7. The predicted octanol–water partition coefficient (Wildman–Crippen LogP) is 5.13. The van der Waals surface area contributed by atoms with Crippen LogP contribution < -0.4 is 11.1 Å². The van der Waals surface area contributed by atoms with Crippen LogP contribution in [0.15, 0.2) is 42.5 Å². The highest BCUT2D eigenvalue weighted by atomic mass is 35.5. The van der Waals surface area contributed by atoms with Gasteiger partial charge in [-0.2, -0.15) is 4.98 Å². The van der Waals surface area contributed by atoms with E-state index in [-0.39, 0.29) is 0 Å². The van der Waals surface area contributed by atoms with Crippen molar-refractivity contribution in [3.05, 3.63) is 47.5 Å². The van der Waals surface area contributed by atoms with E-state index in [2.05, 4.69) is 22.2 Å². The Bertz CT molecular complexity index is 848. The lowest BCUT2D eigenvalue weighted by Gasteiger charge is -2.11. The first-order valence-electron chi connectivity index (χ1n) is 8.25. The zero-order valence-electron chi connectivity index (χ0n) is 13.7. The summed E-state index contributed by atoms with van der Waals surface area (Å²) in [5.74, 6) is 1.06. The zero-order chi connectivity index (χ0) is 16.9. The fraction of sp³-hybridized carbons (Fsp3) is 0.263. The Labute approximate surface area is 147 Å². The van der Waals surface area contributed by atoms with Gasteiger partial charge in [0.15, 0.2) is 0 Å². The average Bonchev–Trinajstić information content (AvgIpc) is 2.58. The molecule has 0 spiro atoms. The number of fused-ring (bicyclic) bond motifs is 1. The van der Waals surface area contributed by atoms with Gasteiger partial charge in [0, 0.05) is 11.6 Å². The van der Waals surface area contributed by atoms with Crippen molar-refractivity contribution in [2.24, 2.45) is 0 Å². The Morgan fingerprint density at radius 1 is 1.08 bits per heavy atom. The highest BCUT2D eigenvalue weighted by Crippen LogP contribution is 2.32. The molecule has 0 aliphatic rings. The molecule has 0 aliphatic heterocycles. The van der Waals surface area contributed by atoms with Crippen molar-refractivity contribution in [2.45, 2.75) is 26.2 Å². The number of unbranched alkanes of at least 4 members (excludes halogenated alkanes) is 2. The van der Waals surface area contributed by atoms with Crippen LogP contribution in [0.5, 0.6) is 0 Å². The molecule has 0 aliphatic carbocycles. The molecule has 3 aromatic rings. The van der Waals surface area contributed by atoms with E-state index in [1.807, 2.05) is 42.5 Å². The van der Waals surface area contributed by atoms with Gasteiger partial charge in [-0.15, -0.1) is 0 Å². The molecule has 0 fully saturated rings. The topological polar surface area (TPSA) is 63.8 Å². The first-order valence-corrected chi connectivity index (χ1v) is 8.63. The summed E-state index contributed by atoms with van der Waals surface area (Å²) in [5.41, 5.74) is 9.07. The number of halogens is 1. The van der Waals surface area contributed by atoms with Gasteiger partial charge in [0.1, 0.15) is 5.82 Å². The number of benzene rings is 2. The van der Waals surface area contributed by atoms with Gasteiger partial charge in [-0.05, 0) is 35.7 Å². The number of hydrogen-bond acceptors (Lipinski definition) is 4. The molecular formula is C19H21ClN4. The number of nitrogens with zero attached hydrogens (tertiary/aromatic N) is 2. The standard InChI is InChI=1S/C19H21ClN4/c1-2-3-4-11-22-19-23-16-10-6-9-15(17(16)18(21)24-19)13-7-5-8-14(20)12-13/h5-10,12H,2-4,11H2,1H3,(H3,21,22,23,24). The van der Waals surface area contributed by atoms with Gasteiger partial charge in [0.2, 0.25) is 5.95 Å². The van der Waals surface area contributed by atoms with E-state index in [9.17, 15) is 0 Å². The third kappa shape index (κ3) is 3.60. The molecular weight excluding hydrogens is 320 g/mol. The Morgan fingerprint density at radius 3 is 2.71 bits per heavy atom. The zero-order valence-corrected chi connectivity index (χ0v) is 14.5. The Kier molecular flexibility index (Phi) is 5.16. The van der Waals surface area contributed by atoms with Gasteiger partial charge in [0.05, 0.1) is 10.9 Å². The van der Waals surface area contributed by atoms with Crippen LogP contribution in [0.4, 0.5) is 11.8 Å². The van der Waals surface area contributed by atoms with E-state index in [4.69, 9.17) is 17.3 Å². The second-order valence-corrected chi connectivity index (χ2v) is 6.21. The van der Waals surface area contributed by atoms with Crippen molar-refractivity contribution in [3.8, 4) is 11.1 Å². The van der Waals surface area contributed by atoms with Crippen LogP contribution in [-0.4, -0.2) is 16.5 Å². The minimum absolute atomic E-state index is 0.480. The fourth-order valence-corrected chi connectivity index (χ4v) is 2.95. The molecule has 124 valence electrons. The quantitative estimate of drug-likeness (QED) is 0.610. The van der Waals surface area contributed by atoms with E-state index >= 15 is 0 Å². The molecule has 0 radical (unpaired) electrons. The number of nitrogens with one attached hydrogen (secondary N) is 1. The maximum atomic E-state index is 6.24. The fourth-order valence-electron chi connectivity index (χ4n) is 2.76. The van der Waals surface area contributed by atoms with E-state index in [0.29, 0.717) is 16.8 Å². The predicted molar refractivity (Wildman–Crippen MR) is 102 cm³/mol. The summed E-state index contributed by atoms with van der Waals surface area (Å²) in [4.78, 5) is 9.04. The van der Waals surface area contributed by atoms with Crippen molar-refractivity contribution in [1.82, 2.24) is 9.97 Å². The number of aromatic nitrogens is 2. The van der Waals surface area contributed by atoms with Crippen molar-refractivity contribution in [3.63, 3.8) is 0 Å². The number of hydrogen-bond donors (Lipinski definition) is 2. The lowest BCUT2D eigenvalue weighted by Crippen LogP contribution is -2.07. The molecule has 0 atom stereocenters. The molecule has 1 heterocycles. The molecule has 1 aromatic heterocycles. The Balaban J connectivity index is 1.98. The van der Waals surface area contributed by atoms with E-state index in [1.165, 1.54) is 12.8 Å². The van der Waals surface area contributed by atoms with Crippen LogP contribution in [0.1, 0.15) is 26.2 Å². The normalized spacial score (nSPS) is 10.9. The maximum Gasteiger partial charge on any atom is 0.225 e. The first kappa shape index (κ1) is 16.5. The second-order valence-electron chi connectivity index (χ2n) is 5.78. The molecule has 0 saturated carbocycles.